The maximum atomic E-state index is 11.0. The van der Waals surface area contributed by atoms with Gasteiger partial charge in [-0.1, -0.05) is 0 Å². The van der Waals surface area contributed by atoms with E-state index in [1.165, 1.54) is 13.2 Å². The zero-order valence-corrected chi connectivity index (χ0v) is 8.90. The van der Waals surface area contributed by atoms with Crippen LogP contribution in [0.25, 0.3) is 11.0 Å². The molecule has 0 radical (unpaired) electrons. The van der Waals surface area contributed by atoms with Gasteiger partial charge in [0.05, 0.1) is 18.4 Å². The van der Waals surface area contributed by atoms with Crippen molar-refractivity contribution in [2.24, 2.45) is 0 Å². The van der Waals surface area contributed by atoms with Gasteiger partial charge in [-0.2, -0.15) is 0 Å². The first kappa shape index (κ1) is 10.4. The number of hydrogen-bond acceptors (Lipinski definition) is 4. The fourth-order valence-electron chi connectivity index (χ4n) is 1.70. The Morgan fingerprint density at radius 3 is 2.75 bits per heavy atom. The lowest BCUT2D eigenvalue weighted by molar-refractivity contribution is 0.0699. The first-order chi connectivity index (χ1) is 7.54. The molecule has 1 heterocycles. The number of hydrogen-bond donors (Lipinski definition) is 2. The van der Waals surface area contributed by atoms with E-state index in [0.29, 0.717) is 22.5 Å². The number of aromatic carboxylic acids is 1. The Balaban J connectivity index is 2.90. The van der Waals surface area contributed by atoms with Gasteiger partial charge in [0, 0.05) is 5.39 Å². The molecule has 0 amide bonds. The summed E-state index contributed by atoms with van der Waals surface area (Å²) in [6, 6.07) is 3.03. The lowest BCUT2D eigenvalue weighted by atomic mass is 10.1. The number of furan rings is 1. The molecule has 16 heavy (non-hydrogen) atoms. The summed E-state index contributed by atoms with van der Waals surface area (Å²) in [6.45, 7) is 1.74. The van der Waals surface area contributed by atoms with Crippen LogP contribution in [0, 0.1) is 6.92 Å². The average Bonchev–Trinajstić information content (AvgIpc) is 2.57. The molecule has 2 rings (SSSR count). The smallest absolute Gasteiger partial charge is 0.336 e. The van der Waals surface area contributed by atoms with E-state index in [1.54, 1.807) is 13.0 Å². The third-order valence-corrected chi connectivity index (χ3v) is 2.35. The number of nitrogens with two attached hydrogens (primary N) is 1. The van der Waals surface area contributed by atoms with Crippen molar-refractivity contribution in [2.75, 3.05) is 12.8 Å². The van der Waals surface area contributed by atoms with Gasteiger partial charge in [-0.15, -0.1) is 0 Å². The number of aryl methyl sites for hydroxylation is 1. The number of rotatable bonds is 2. The Kier molecular flexibility index (Phi) is 2.23. The summed E-state index contributed by atoms with van der Waals surface area (Å²) in [6.07, 6.45) is 0. The van der Waals surface area contributed by atoms with E-state index in [0.717, 1.165) is 0 Å². The van der Waals surface area contributed by atoms with Crippen molar-refractivity contribution >= 4 is 22.6 Å². The number of nitrogen functional groups attached to an aromatic ring is 1. The second kappa shape index (κ2) is 3.44. The molecular weight excluding hydrogens is 210 g/mol. The molecule has 5 nitrogen and oxygen atoms in total. The van der Waals surface area contributed by atoms with E-state index in [4.69, 9.17) is 20.0 Å². The van der Waals surface area contributed by atoms with Crippen molar-refractivity contribution in [3.63, 3.8) is 0 Å². The molecule has 0 saturated heterocycles. The number of ether oxygens (including phenoxy) is 1. The van der Waals surface area contributed by atoms with Crippen LogP contribution in [0.1, 0.15) is 16.1 Å². The molecule has 2 aromatic rings. The third kappa shape index (κ3) is 1.37. The number of anilines is 1. The first-order valence-electron chi connectivity index (χ1n) is 4.64. The zero-order valence-electron chi connectivity index (χ0n) is 8.90. The van der Waals surface area contributed by atoms with Crippen molar-refractivity contribution in [2.45, 2.75) is 6.92 Å². The van der Waals surface area contributed by atoms with Crippen molar-refractivity contribution in [3.8, 4) is 5.75 Å². The Morgan fingerprint density at radius 1 is 1.50 bits per heavy atom. The van der Waals surface area contributed by atoms with Crippen molar-refractivity contribution in [1.82, 2.24) is 0 Å². The molecule has 0 atom stereocenters. The van der Waals surface area contributed by atoms with Gasteiger partial charge in [-0.05, 0) is 19.1 Å². The summed E-state index contributed by atoms with van der Waals surface area (Å²) in [5.74, 6) is -0.0605. The Morgan fingerprint density at radius 2 is 2.19 bits per heavy atom. The van der Waals surface area contributed by atoms with Crippen LogP contribution in [0.4, 0.5) is 5.69 Å². The van der Waals surface area contributed by atoms with Crippen LogP contribution in [0.3, 0.4) is 0 Å². The highest BCUT2D eigenvalue weighted by Gasteiger charge is 2.18. The summed E-state index contributed by atoms with van der Waals surface area (Å²) in [5, 5.41) is 9.54. The summed E-state index contributed by atoms with van der Waals surface area (Å²) in [4.78, 5) is 11.0. The van der Waals surface area contributed by atoms with Gasteiger partial charge in [0.15, 0.2) is 11.3 Å². The van der Waals surface area contributed by atoms with Crippen LogP contribution < -0.4 is 10.5 Å². The lowest BCUT2D eigenvalue weighted by Gasteiger charge is -2.06. The van der Waals surface area contributed by atoms with Crippen LogP contribution in [0.2, 0.25) is 0 Å². The molecule has 0 bridgehead atoms. The number of methoxy groups -OCH3 is 1. The predicted octanol–water partition coefficient (Wildman–Crippen LogP) is 2.03. The van der Waals surface area contributed by atoms with E-state index in [2.05, 4.69) is 0 Å². The second-order valence-electron chi connectivity index (χ2n) is 3.45. The molecule has 1 aromatic carbocycles. The Bertz CT molecular complexity index is 571. The fourth-order valence-corrected chi connectivity index (χ4v) is 1.70. The number of benzene rings is 1. The van der Waals surface area contributed by atoms with E-state index >= 15 is 0 Å². The molecule has 0 saturated carbocycles. The highest BCUT2D eigenvalue weighted by atomic mass is 16.5. The minimum Gasteiger partial charge on any atom is -0.491 e. The average molecular weight is 221 g/mol. The molecule has 0 fully saturated rings. The van der Waals surface area contributed by atoms with Crippen LogP contribution in [0.5, 0.6) is 5.75 Å². The Labute approximate surface area is 91.4 Å². The lowest BCUT2D eigenvalue weighted by Crippen LogP contribution is -2.01. The highest BCUT2D eigenvalue weighted by Crippen LogP contribution is 2.36. The third-order valence-electron chi connectivity index (χ3n) is 2.35. The SMILES string of the molecule is COc1c(N)cc(C(=O)O)c2cc(C)oc12. The minimum absolute atomic E-state index is 0.116. The molecule has 5 heteroatoms. The molecular formula is C11H11NO4. The number of carboxylic acids is 1. The predicted molar refractivity (Wildman–Crippen MR) is 58.9 cm³/mol. The van der Waals surface area contributed by atoms with Crippen LogP contribution in [0.15, 0.2) is 16.5 Å². The quantitative estimate of drug-likeness (QED) is 0.758. The maximum Gasteiger partial charge on any atom is 0.336 e. The van der Waals surface area contributed by atoms with E-state index in [-0.39, 0.29) is 11.3 Å². The largest absolute Gasteiger partial charge is 0.491 e. The monoisotopic (exact) mass is 221 g/mol. The topological polar surface area (TPSA) is 85.7 Å². The summed E-state index contributed by atoms with van der Waals surface area (Å²) in [5.41, 5.74) is 6.44. The molecule has 0 unspecified atom stereocenters. The molecule has 0 aliphatic carbocycles. The van der Waals surface area contributed by atoms with Crippen molar-refractivity contribution in [1.29, 1.82) is 0 Å². The molecule has 84 valence electrons. The fraction of sp³-hybridized carbons (Fsp3) is 0.182. The second-order valence-corrected chi connectivity index (χ2v) is 3.45. The number of fused-ring (bicyclic) bond motifs is 1. The summed E-state index contributed by atoms with van der Waals surface area (Å²) < 4.78 is 10.5. The zero-order chi connectivity index (χ0) is 11.9. The van der Waals surface area contributed by atoms with Crippen LogP contribution in [-0.4, -0.2) is 18.2 Å². The van der Waals surface area contributed by atoms with Gasteiger partial charge >= 0.3 is 5.97 Å². The van der Waals surface area contributed by atoms with Gasteiger partial charge in [0.2, 0.25) is 0 Å². The summed E-state index contributed by atoms with van der Waals surface area (Å²) in [7, 11) is 1.46. The van der Waals surface area contributed by atoms with Crippen molar-refractivity contribution < 1.29 is 19.1 Å². The molecule has 0 aliphatic rings. The standard InChI is InChI=1S/C11H11NO4/c1-5-3-6-7(11(13)14)4-8(12)10(15-2)9(6)16-5/h3-4H,12H2,1-2H3,(H,13,14). The van der Waals surface area contributed by atoms with Gasteiger partial charge in [-0.25, -0.2) is 4.79 Å². The Hall–Kier alpha value is -2.17. The molecule has 1 aromatic heterocycles. The van der Waals surface area contributed by atoms with Crippen LogP contribution >= 0.6 is 0 Å². The number of carboxylic acid groups (broad SMARTS) is 1. The van der Waals surface area contributed by atoms with Gasteiger partial charge in [0.1, 0.15) is 5.76 Å². The normalized spacial score (nSPS) is 10.6. The highest BCUT2D eigenvalue weighted by molar-refractivity contribution is 6.06. The van der Waals surface area contributed by atoms with Crippen molar-refractivity contribution in [3.05, 3.63) is 23.5 Å². The molecule has 3 N–H and O–H groups in total. The van der Waals surface area contributed by atoms with Gasteiger partial charge in [0.25, 0.3) is 0 Å². The molecule has 0 aliphatic heterocycles. The number of carbonyl (C=O) groups is 1. The minimum atomic E-state index is -1.04. The van der Waals surface area contributed by atoms with Gasteiger partial charge in [-0.3, -0.25) is 0 Å². The first-order valence-corrected chi connectivity index (χ1v) is 4.64. The maximum absolute atomic E-state index is 11.0. The van der Waals surface area contributed by atoms with Crippen LogP contribution in [-0.2, 0) is 0 Å². The van der Waals surface area contributed by atoms with Gasteiger partial charge < -0.3 is 20.0 Å². The van der Waals surface area contributed by atoms with E-state index in [9.17, 15) is 4.79 Å². The summed E-state index contributed by atoms with van der Waals surface area (Å²) >= 11 is 0. The van der Waals surface area contributed by atoms with E-state index < -0.39 is 5.97 Å². The molecule has 0 spiro atoms. The van der Waals surface area contributed by atoms with E-state index in [1.807, 2.05) is 0 Å².